The molecule has 0 saturated carbocycles. The molecule has 0 spiro atoms. The molecule has 0 aliphatic heterocycles. The Kier molecular flexibility index (Phi) is 3.90. The van der Waals surface area contributed by atoms with E-state index in [0.29, 0.717) is 10.2 Å². The van der Waals surface area contributed by atoms with Crippen LogP contribution in [0.15, 0.2) is 40.2 Å². The summed E-state index contributed by atoms with van der Waals surface area (Å²) in [6.45, 7) is 3.62. The molecule has 0 radical (unpaired) electrons. The number of nitrogens with two attached hydrogens (primary N) is 1. The van der Waals surface area contributed by atoms with Crippen LogP contribution < -0.4 is 10.5 Å². The lowest BCUT2D eigenvalue weighted by atomic mass is 10.3. The number of rotatable bonds is 4. The smallest absolute Gasteiger partial charge is 0.242 e. The highest BCUT2D eigenvalue weighted by Crippen LogP contribution is 2.23. The maximum absolute atomic E-state index is 11.7. The Morgan fingerprint density at radius 1 is 1.53 bits per heavy atom. The minimum atomic E-state index is -3.52. The SMILES string of the molecule is C=CCNS(=O)(=O)c1cc(N)ccc1Br. The Morgan fingerprint density at radius 3 is 2.80 bits per heavy atom. The van der Waals surface area contributed by atoms with Gasteiger partial charge >= 0.3 is 0 Å². The first-order valence-corrected chi connectivity index (χ1v) is 6.40. The average molecular weight is 291 g/mol. The second kappa shape index (κ2) is 4.78. The molecule has 0 unspecified atom stereocenters. The fraction of sp³-hybridized carbons (Fsp3) is 0.111. The summed E-state index contributed by atoms with van der Waals surface area (Å²) in [4.78, 5) is 0.129. The zero-order chi connectivity index (χ0) is 11.5. The first-order valence-electron chi connectivity index (χ1n) is 4.13. The summed E-state index contributed by atoms with van der Waals surface area (Å²) in [6, 6.07) is 4.61. The third-order valence-corrected chi connectivity index (χ3v) is 4.08. The van der Waals surface area contributed by atoms with Gasteiger partial charge in [0.25, 0.3) is 0 Å². The van der Waals surface area contributed by atoms with Gasteiger partial charge in [-0.15, -0.1) is 6.58 Å². The lowest BCUT2D eigenvalue weighted by Gasteiger charge is -2.07. The van der Waals surface area contributed by atoms with Gasteiger partial charge in [-0.2, -0.15) is 0 Å². The fourth-order valence-electron chi connectivity index (χ4n) is 0.972. The molecule has 0 amide bonds. The summed E-state index contributed by atoms with van der Waals surface area (Å²) in [7, 11) is -3.52. The number of benzene rings is 1. The Bertz CT molecular complexity index is 471. The summed E-state index contributed by atoms with van der Waals surface area (Å²) in [5.41, 5.74) is 5.92. The van der Waals surface area contributed by atoms with Crippen molar-refractivity contribution in [2.45, 2.75) is 4.90 Å². The fourth-order valence-corrected chi connectivity index (χ4v) is 2.97. The van der Waals surface area contributed by atoms with Gasteiger partial charge in [-0.05, 0) is 34.1 Å². The molecule has 0 heterocycles. The Balaban J connectivity index is 3.14. The van der Waals surface area contributed by atoms with Crippen molar-refractivity contribution in [2.75, 3.05) is 12.3 Å². The maximum atomic E-state index is 11.7. The standard InChI is InChI=1S/C9H11BrN2O2S/c1-2-5-12-15(13,14)9-6-7(11)3-4-8(9)10/h2-4,6,12H,1,5,11H2. The van der Waals surface area contributed by atoms with Gasteiger partial charge in [0, 0.05) is 16.7 Å². The van der Waals surface area contributed by atoms with E-state index >= 15 is 0 Å². The maximum Gasteiger partial charge on any atom is 0.242 e. The van der Waals surface area contributed by atoms with Gasteiger partial charge in [0.2, 0.25) is 10.0 Å². The van der Waals surface area contributed by atoms with Gasteiger partial charge in [-0.25, -0.2) is 13.1 Å². The quantitative estimate of drug-likeness (QED) is 0.652. The van der Waals surface area contributed by atoms with Gasteiger partial charge in [-0.1, -0.05) is 6.08 Å². The van der Waals surface area contributed by atoms with E-state index in [-0.39, 0.29) is 11.4 Å². The summed E-state index contributed by atoms with van der Waals surface area (Å²) in [5.74, 6) is 0. The van der Waals surface area contributed by atoms with Crippen molar-refractivity contribution in [3.63, 3.8) is 0 Å². The average Bonchev–Trinajstić information content (AvgIpc) is 2.18. The van der Waals surface area contributed by atoms with Crippen LogP contribution >= 0.6 is 15.9 Å². The molecule has 4 nitrogen and oxygen atoms in total. The van der Waals surface area contributed by atoms with Gasteiger partial charge in [0.05, 0.1) is 4.90 Å². The summed E-state index contributed by atoms with van der Waals surface area (Å²) < 4.78 is 26.3. The molecule has 0 saturated heterocycles. The normalized spacial score (nSPS) is 11.3. The molecule has 82 valence electrons. The molecular formula is C9H11BrN2O2S. The largest absolute Gasteiger partial charge is 0.399 e. The van der Waals surface area contributed by atoms with Gasteiger partial charge in [0.1, 0.15) is 0 Å². The third-order valence-electron chi connectivity index (χ3n) is 1.66. The van der Waals surface area contributed by atoms with Gasteiger partial charge < -0.3 is 5.73 Å². The third kappa shape index (κ3) is 3.05. The van der Waals surface area contributed by atoms with Crippen molar-refractivity contribution in [3.8, 4) is 0 Å². The van der Waals surface area contributed by atoms with Gasteiger partial charge in [0.15, 0.2) is 0 Å². The minimum absolute atomic E-state index is 0.129. The second-order valence-corrected chi connectivity index (χ2v) is 5.42. The van der Waals surface area contributed by atoms with E-state index in [1.165, 1.54) is 12.1 Å². The van der Waals surface area contributed by atoms with Crippen molar-refractivity contribution in [2.24, 2.45) is 0 Å². The lowest BCUT2D eigenvalue weighted by molar-refractivity contribution is 0.585. The number of anilines is 1. The van der Waals surface area contributed by atoms with E-state index in [4.69, 9.17) is 5.73 Å². The van der Waals surface area contributed by atoms with Crippen molar-refractivity contribution in [3.05, 3.63) is 35.3 Å². The molecule has 0 aliphatic rings. The number of hydrogen-bond donors (Lipinski definition) is 2. The number of nitrogen functional groups attached to an aromatic ring is 1. The van der Waals surface area contributed by atoms with E-state index in [1.54, 1.807) is 12.1 Å². The van der Waals surface area contributed by atoms with E-state index in [0.717, 1.165) is 0 Å². The van der Waals surface area contributed by atoms with Crippen LogP contribution in [-0.4, -0.2) is 15.0 Å². The van der Waals surface area contributed by atoms with Crippen LogP contribution in [0.2, 0.25) is 0 Å². The molecule has 1 aromatic carbocycles. The Morgan fingerprint density at radius 2 is 2.20 bits per heavy atom. The highest BCUT2D eigenvalue weighted by Gasteiger charge is 2.16. The van der Waals surface area contributed by atoms with E-state index in [2.05, 4.69) is 27.2 Å². The molecule has 0 atom stereocenters. The predicted octanol–water partition coefficient (Wildman–Crippen LogP) is 1.50. The number of hydrogen-bond acceptors (Lipinski definition) is 3. The zero-order valence-electron chi connectivity index (χ0n) is 7.90. The number of sulfonamides is 1. The summed E-state index contributed by atoms with van der Waals surface area (Å²) >= 11 is 3.16. The Hall–Kier alpha value is -0.850. The first-order chi connectivity index (χ1) is 6.97. The van der Waals surface area contributed by atoms with Crippen LogP contribution in [0.25, 0.3) is 0 Å². The molecular weight excluding hydrogens is 280 g/mol. The topological polar surface area (TPSA) is 72.2 Å². The molecule has 6 heteroatoms. The van der Waals surface area contributed by atoms with Crippen LogP contribution in [0.3, 0.4) is 0 Å². The molecule has 0 aromatic heterocycles. The van der Waals surface area contributed by atoms with Crippen LogP contribution in [-0.2, 0) is 10.0 Å². The number of halogens is 1. The molecule has 1 aromatic rings. The summed E-state index contributed by atoms with van der Waals surface area (Å²) in [6.07, 6.45) is 1.47. The first kappa shape index (κ1) is 12.2. The molecule has 15 heavy (non-hydrogen) atoms. The van der Waals surface area contributed by atoms with Gasteiger partial charge in [-0.3, -0.25) is 0 Å². The summed E-state index contributed by atoms with van der Waals surface area (Å²) in [5, 5.41) is 0. The van der Waals surface area contributed by atoms with E-state index in [9.17, 15) is 8.42 Å². The highest BCUT2D eigenvalue weighted by atomic mass is 79.9. The van der Waals surface area contributed by atoms with Crippen LogP contribution in [0.1, 0.15) is 0 Å². The second-order valence-electron chi connectivity index (χ2n) is 2.83. The van der Waals surface area contributed by atoms with Crippen molar-refractivity contribution < 1.29 is 8.42 Å². The Labute approximate surface area is 97.4 Å². The predicted molar refractivity (Wildman–Crippen MR) is 63.9 cm³/mol. The van der Waals surface area contributed by atoms with Crippen molar-refractivity contribution >= 4 is 31.6 Å². The zero-order valence-corrected chi connectivity index (χ0v) is 10.3. The number of nitrogens with one attached hydrogen (secondary N) is 1. The van der Waals surface area contributed by atoms with Crippen molar-refractivity contribution in [1.82, 2.24) is 4.72 Å². The monoisotopic (exact) mass is 290 g/mol. The minimum Gasteiger partial charge on any atom is -0.399 e. The lowest BCUT2D eigenvalue weighted by Crippen LogP contribution is -2.24. The molecule has 1 rings (SSSR count). The molecule has 0 fully saturated rings. The van der Waals surface area contributed by atoms with Crippen LogP contribution in [0.5, 0.6) is 0 Å². The molecule has 0 bridgehead atoms. The van der Waals surface area contributed by atoms with Crippen LogP contribution in [0.4, 0.5) is 5.69 Å². The van der Waals surface area contributed by atoms with Crippen molar-refractivity contribution in [1.29, 1.82) is 0 Å². The van der Waals surface area contributed by atoms with E-state index in [1.807, 2.05) is 0 Å². The molecule has 3 N–H and O–H groups in total. The highest BCUT2D eigenvalue weighted by molar-refractivity contribution is 9.10. The molecule has 0 aliphatic carbocycles. The van der Waals surface area contributed by atoms with Crippen LogP contribution in [0, 0.1) is 0 Å². The van der Waals surface area contributed by atoms with E-state index < -0.39 is 10.0 Å².